The van der Waals surface area contributed by atoms with Gasteiger partial charge in [0, 0.05) is 20.0 Å². The Bertz CT molecular complexity index is 429. The van der Waals surface area contributed by atoms with Crippen LogP contribution >= 0.6 is 12.2 Å². The Kier molecular flexibility index (Phi) is 5.21. The van der Waals surface area contributed by atoms with Crippen LogP contribution in [0.5, 0.6) is 0 Å². The molecule has 1 rings (SSSR count). The predicted molar refractivity (Wildman–Crippen MR) is 72.8 cm³/mol. The third-order valence-corrected chi connectivity index (χ3v) is 2.96. The quantitative estimate of drug-likeness (QED) is 0.712. The number of carbonyl (C=O) groups is 1. The fourth-order valence-electron chi connectivity index (χ4n) is 1.70. The van der Waals surface area contributed by atoms with Crippen molar-refractivity contribution in [3.63, 3.8) is 0 Å². The molecule has 1 aromatic heterocycles. The van der Waals surface area contributed by atoms with Gasteiger partial charge in [-0.1, -0.05) is 26.1 Å². The Hall–Kier alpha value is -1.50. The molecule has 1 aromatic rings. The van der Waals surface area contributed by atoms with Gasteiger partial charge in [0.15, 0.2) is 0 Å². The molecule has 3 N–H and O–H groups in total. The van der Waals surface area contributed by atoms with Gasteiger partial charge in [0.2, 0.25) is 5.91 Å². The summed E-state index contributed by atoms with van der Waals surface area (Å²) in [7, 11) is 1.86. The van der Waals surface area contributed by atoms with Gasteiger partial charge in [0.1, 0.15) is 12.2 Å². The zero-order chi connectivity index (χ0) is 13.7. The first-order valence-electron chi connectivity index (χ1n) is 5.83. The van der Waals surface area contributed by atoms with Crippen LogP contribution < -0.4 is 11.1 Å². The van der Waals surface area contributed by atoms with E-state index >= 15 is 0 Å². The molecule has 0 spiro atoms. The molecular formula is C11H19N5OS. The Morgan fingerprint density at radius 2 is 2.28 bits per heavy atom. The number of nitrogens with two attached hydrogens (primary N) is 1. The Morgan fingerprint density at radius 3 is 2.72 bits per heavy atom. The fourth-order valence-corrected chi connectivity index (χ4v) is 2.08. The molecular weight excluding hydrogens is 250 g/mol. The molecule has 1 heterocycles. The molecule has 6 nitrogen and oxygen atoms in total. The van der Waals surface area contributed by atoms with Gasteiger partial charge >= 0.3 is 0 Å². The highest BCUT2D eigenvalue weighted by molar-refractivity contribution is 7.80. The molecule has 1 atom stereocenters. The van der Waals surface area contributed by atoms with Gasteiger partial charge < -0.3 is 15.6 Å². The summed E-state index contributed by atoms with van der Waals surface area (Å²) in [6.45, 7) is 4.34. The van der Waals surface area contributed by atoms with Crippen LogP contribution in [0.1, 0.15) is 19.7 Å². The van der Waals surface area contributed by atoms with Crippen molar-refractivity contribution < 1.29 is 4.79 Å². The smallest absolute Gasteiger partial charge is 0.230 e. The number of hydrogen-bond donors (Lipinski definition) is 2. The van der Waals surface area contributed by atoms with Crippen molar-refractivity contribution in [2.45, 2.75) is 20.3 Å². The van der Waals surface area contributed by atoms with Crippen molar-refractivity contribution in [1.29, 1.82) is 0 Å². The van der Waals surface area contributed by atoms with E-state index in [1.54, 1.807) is 6.33 Å². The van der Waals surface area contributed by atoms with E-state index in [1.165, 1.54) is 0 Å². The highest BCUT2D eigenvalue weighted by Gasteiger charge is 2.24. The number of nitrogens with one attached hydrogen (secondary N) is 1. The second-order valence-electron chi connectivity index (χ2n) is 4.52. The minimum atomic E-state index is -0.417. The Labute approximate surface area is 112 Å². The summed E-state index contributed by atoms with van der Waals surface area (Å²) in [5.41, 5.74) is 5.57. The van der Waals surface area contributed by atoms with Crippen LogP contribution in [0.4, 0.5) is 0 Å². The second kappa shape index (κ2) is 6.44. The summed E-state index contributed by atoms with van der Waals surface area (Å²) in [5.74, 6) is 0.378. The van der Waals surface area contributed by atoms with Crippen molar-refractivity contribution in [3.05, 3.63) is 12.2 Å². The molecule has 0 radical (unpaired) electrons. The van der Waals surface area contributed by atoms with E-state index in [2.05, 4.69) is 15.5 Å². The van der Waals surface area contributed by atoms with E-state index in [0.29, 0.717) is 13.0 Å². The lowest BCUT2D eigenvalue weighted by molar-refractivity contribution is -0.123. The maximum Gasteiger partial charge on any atom is 0.230 e. The third kappa shape index (κ3) is 3.76. The summed E-state index contributed by atoms with van der Waals surface area (Å²) >= 11 is 4.91. The topological polar surface area (TPSA) is 85.8 Å². The first kappa shape index (κ1) is 14.6. The van der Waals surface area contributed by atoms with E-state index in [0.717, 1.165) is 5.82 Å². The van der Waals surface area contributed by atoms with Crippen LogP contribution in [-0.4, -0.2) is 32.2 Å². The van der Waals surface area contributed by atoms with Crippen LogP contribution in [0, 0.1) is 11.8 Å². The summed E-state index contributed by atoms with van der Waals surface area (Å²) in [6.07, 6.45) is 2.26. The second-order valence-corrected chi connectivity index (χ2v) is 4.99. The van der Waals surface area contributed by atoms with Gasteiger partial charge in [-0.2, -0.15) is 0 Å². The van der Waals surface area contributed by atoms with Crippen LogP contribution in [-0.2, 0) is 18.3 Å². The normalized spacial score (nSPS) is 12.4. The summed E-state index contributed by atoms with van der Waals surface area (Å²) < 4.78 is 1.82. The number of hydrogen-bond acceptors (Lipinski definition) is 4. The molecule has 0 aliphatic rings. The molecule has 0 bridgehead atoms. The molecule has 100 valence electrons. The zero-order valence-electron chi connectivity index (χ0n) is 10.9. The highest BCUT2D eigenvalue weighted by atomic mass is 32.1. The van der Waals surface area contributed by atoms with Crippen molar-refractivity contribution >= 4 is 23.1 Å². The summed E-state index contributed by atoms with van der Waals surface area (Å²) in [6, 6.07) is 0. The summed E-state index contributed by atoms with van der Waals surface area (Å²) in [5, 5.41) is 10.5. The lowest BCUT2D eigenvalue weighted by Gasteiger charge is -2.18. The van der Waals surface area contributed by atoms with E-state index in [4.69, 9.17) is 18.0 Å². The van der Waals surface area contributed by atoms with E-state index in [1.807, 2.05) is 25.5 Å². The lowest BCUT2D eigenvalue weighted by atomic mass is 9.95. The van der Waals surface area contributed by atoms with E-state index in [9.17, 15) is 4.79 Å². The van der Waals surface area contributed by atoms with Crippen LogP contribution in [0.3, 0.4) is 0 Å². The predicted octanol–water partition coefficient (Wildman–Crippen LogP) is 0.0321. The monoisotopic (exact) mass is 269 g/mol. The molecule has 0 aliphatic heterocycles. The SMILES string of the molecule is CC(C)C(C(=O)NCCc1nncn1C)C(N)=S. The van der Waals surface area contributed by atoms with E-state index < -0.39 is 5.92 Å². The average Bonchev–Trinajstić information content (AvgIpc) is 2.63. The largest absolute Gasteiger partial charge is 0.393 e. The summed E-state index contributed by atoms with van der Waals surface area (Å²) in [4.78, 5) is 12.2. The molecule has 1 unspecified atom stereocenters. The Morgan fingerprint density at radius 1 is 1.61 bits per heavy atom. The van der Waals surface area contributed by atoms with Crippen LogP contribution in [0.15, 0.2) is 6.33 Å². The third-order valence-electron chi connectivity index (χ3n) is 2.71. The van der Waals surface area contributed by atoms with Gasteiger partial charge in [-0.15, -0.1) is 10.2 Å². The average molecular weight is 269 g/mol. The van der Waals surface area contributed by atoms with E-state index in [-0.39, 0.29) is 16.8 Å². The van der Waals surface area contributed by atoms with Gasteiger partial charge in [-0.05, 0) is 5.92 Å². The zero-order valence-corrected chi connectivity index (χ0v) is 11.7. The molecule has 0 saturated heterocycles. The van der Waals surface area contributed by atoms with Gasteiger partial charge in [-0.3, -0.25) is 4.79 Å². The maximum absolute atomic E-state index is 11.9. The number of nitrogens with zero attached hydrogens (tertiary/aromatic N) is 3. The van der Waals surface area contributed by atoms with Gasteiger partial charge in [0.25, 0.3) is 0 Å². The van der Waals surface area contributed by atoms with Crippen molar-refractivity contribution in [1.82, 2.24) is 20.1 Å². The Balaban J connectivity index is 2.46. The van der Waals surface area contributed by atoms with Crippen molar-refractivity contribution in [3.8, 4) is 0 Å². The highest BCUT2D eigenvalue weighted by Crippen LogP contribution is 2.11. The van der Waals surface area contributed by atoms with Gasteiger partial charge in [0.05, 0.1) is 10.9 Å². The number of thiocarbonyl (C=S) groups is 1. The van der Waals surface area contributed by atoms with Crippen molar-refractivity contribution in [2.75, 3.05) is 6.54 Å². The maximum atomic E-state index is 11.9. The fraction of sp³-hybridized carbons (Fsp3) is 0.636. The number of rotatable bonds is 6. The molecule has 18 heavy (non-hydrogen) atoms. The molecule has 0 aromatic carbocycles. The first-order valence-corrected chi connectivity index (χ1v) is 6.24. The molecule has 0 fully saturated rings. The lowest BCUT2D eigenvalue weighted by Crippen LogP contribution is -2.41. The molecule has 0 aliphatic carbocycles. The molecule has 7 heteroatoms. The van der Waals surface area contributed by atoms with Crippen LogP contribution in [0.25, 0.3) is 0 Å². The van der Waals surface area contributed by atoms with Gasteiger partial charge in [-0.25, -0.2) is 0 Å². The number of aryl methyl sites for hydroxylation is 1. The minimum absolute atomic E-state index is 0.0947. The minimum Gasteiger partial charge on any atom is -0.393 e. The number of carbonyl (C=O) groups excluding carboxylic acids is 1. The van der Waals surface area contributed by atoms with Crippen molar-refractivity contribution in [2.24, 2.45) is 24.6 Å². The number of aromatic nitrogens is 3. The number of amides is 1. The van der Waals surface area contributed by atoms with Crippen LogP contribution in [0.2, 0.25) is 0 Å². The molecule has 1 amide bonds. The molecule has 0 saturated carbocycles. The first-order chi connectivity index (χ1) is 8.43. The standard InChI is InChI=1S/C11H19N5OS/c1-7(2)9(10(12)18)11(17)13-5-4-8-15-14-6-16(8)3/h6-7,9H,4-5H2,1-3H3,(H2,12,18)(H,13,17).